The van der Waals surface area contributed by atoms with E-state index in [1.54, 1.807) is 0 Å². The summed E-state index contributed by atoms with van der Waals surface area (Å²) >= 11 is 0. The second kappa shape index (κ2) is 3.55. The second-order valence-corrected chi connectivity index (χ2v) is 4.67. The maximum absolute atomic E-state index is 13.0. The molecule has 0 aromatic carbocycles. The molecule has 17 heavy (non-hydrogen) atoms. The van der Waals surface area contributed by atoms with Gasteiger partial charge >= 0.3 is 6.18 Å². The molecule has 0 N–H and O–H groups in total. The summed E-state index contributed by atoms with van der Waals surface area (Å²) < 4.78 is 49.6. The number of ketones is 1. The van der Waals surface area contributed by atoms with Crippen molar-refractivity contribution in [1.82, 2.24) is 0 Å². The van der Waals surface area contributed by atoms with Crippen LogP contribution in [0.25, 0.3) is 0 Å². The molecule has 1 fully saturated rings. The molecule has 96 valence electrons. The maximum atomic E-state index is 13.0. The SMILES string of the molecule is CC1=CC2(CC(C)(C(F)(F)F)C1=O)OCCO2. The van der Waals surface area contributed by atoms with E-state index in [9.17, 15) is 18.0 Å². The zero-order valence-corrected chi connectivity index (χ0v) is 9.56. The number of hydrogen-bond donors (Lipinski definition) is 0. The van der Waals surface area contributed by atoms with Crippen LogP contribution in [0.4, 0.5) is 13.2 Å². The molecule has 6 heteroatoms. The molecular formula is C11H13F3O3. The van der Waals surface area contributed by atoms with E-state index in [-0.39, 0.29) is 18.8 Å². The fourth-order valence-corrected chi connectivity index (χ4v) is 2.34. The van der Waals surface area contributed by atoms with Crippen molar-refractivity contribution in [3.63, 3.8) is 0 Å². The summed E-state index contributed by atoms with van der Waals surface area (Å²) in [6.07, 6.45) is -3.77. The van der Waals surface area contributed by atoms with Crippen LogP contribution in [0.2, 0.25) is 0 Å². The van der Waals surface area contributed by atoms with Gasteiger partial charge < -0.3 is 9.47 Å². The highest BCUT2D eigenvalue weighted by atomic mass is 19.4. The van der Waals surface area contributed by atoms with Crippen molar-refractivity contribution in [3.8, 4) is 0 Å². The van der Waals surface area contributed by atoms with Gasteiger partial charge in [-0.05, 0) is 25.5 Å². The zero-order valence-electron chi connectivity index (χ0n) is 9.56. The topological polar surface area (TPSA) is 35.5 Å². The number of ether oxygens (including phenoxy) is 2. The van der Waals surface area contributed by atoms with Gasteiger partial charge in [0.05, 0.1) is 13.2 Å². The van der Waals surface area contributed by atoms with Crippen LogP contribution in [0.3, 0.4) is 0 Å². The Labute approximate surface area is 96.6 Å². The molecule has 2 rings (SSSR count). The predicted octanol–water partition coefficient (Wildman–Crippen LogP) is 2.22. The fraction of sp³-hybridized carbons (Fsp3) is 0.727. The zero-order chi connectivity index (χ0) is 12.9. The third-order valence-electron chi connectivity index (χ3n) is 3.30. The van der Waals surface area contributed by atoms with E-state index < -0.39 is 29.6 Å². The van der Waals surface area contributed by atoms with E-state index in [1.807, 2.05) is 0 Å². The fourth-order valence-electron chi connectivity index (χ4n) is 2.34. The van der Waals surface area contributed by atoms with Crippen molar-refractivity contribution >= 4 is 5.78 Å². The van der Waals surface area contributed by atoms with E-state index in [0.29, 0.717) is 0 Å². The lowest BCUT2D eigenvalue weighted by Gasteiger charge is -2.40. The van der Waals surface area contributed by atoms with Gasteiger partial charge in [0.15, 0.2) is 11.6 Å². The number of rotatable bonds is 0. The van der Waals surface area contributed by atoms with E-state index in [4.69, 9.17) is 9.47 Å². The van der Waals surface area contributed by atoms with Crippen molar-refractivity contribution in [3.05, 3.63) is 11.6 Å². The molecule has 0 aromatic rings. The number of allylic oxidation sites excluding steroid dienone is 1. The summed E-state index contributed by atoms with van der Waals surface area (Å²) in [5.74, 6) is -2.29. The van der Waals surface area contributed by atoms with Crippen LogP contribution in [0, 0.1) is 5.41 Å². The van der Waals surface area contributed by atoms with Gasteiger partial charge in [-0.25, -0.2) is 0 Å². The normalized spacial score (nSPS) is 33.0. The largest absolute Gasteiger partial charge is 0.401 e. The molecule has 0 aromatic heterocycles. The van der Waals surface area contributed by atoms with Gasteiger partial charge in [-0.2, -0.15) is 13.2 Å². The van der Waals surface area contributed by atoms with Gasteiger partial charge in [-0.3, -0.25) is 4.79 Å². The molecule has 1 heterocycles. The van der Waals surface area contributed by atoms with Crippen molar-refractivity contribution < 1.29 is 27.4 Å². The maximum Gasteiger partial charge on any atom is 0.401 e. The molecule has 1 unspecified atom stereocenters. The number of Topliss-reactive ketones (excluding diaryl/α,β-unsaturated/α-hetero) is 1. The van der Waals surface area contributed by atoms with Crippen molar-refractivity contribution in [2.75, 3.05) is 13.2 Å². The van der Waals surface area contributed by atoms with Gasteiger partial charge in [0.25, 0.3) is 0 Å². The van der Waals surface area contributed by atoms with E-state index in [1.165, 1.54) is 13.0 Å². The number of carbonyl (C=O) groups is 1. The Balaban J connectivity index is 2.45. The molecule has 0 radical (unpaired) electrons. The molecule has 3 nitrogen and oxygen atoms in total. The highest BCUT2D eigenvalue weighted by Gasteiger charge is 2.62. The summed E-state index contributed by atoms with van der Waals surface area (Å²) in [5.41, 5.74) is -2.39. The standard InChI is InChI=1S/C11H13F3O3/c1-7-5-10(16-3-4-17-10)6-9(2,8(7)15)11(12,13)14/h5H,3-4,6H2,1-2H3. The Kier molecular flexibility index (Phi) is 2.63. The first-order valence-corrected chi connectivity index (χ1v) is 5.29. The molecule has 1 spiro atoms. The second-order valence-electron chi connectivity index (χ2n) is 4.67. The predicted molar refractivity (Wildman–Crippen MR) is 52.2 cm³/mol. The molecule has 2 aliphatic rings. The Morgan fingerprint density at radius 1 is 1.29 bits per heavy atom. The van der Waals surface area contributed by atoms with E-state index >= 15 is 0 Å². The van der Waals surface area contributed by atoms with Gasteiger partial charge in [0.1, 0.15) is 5.41 Å². The first kappa shape index (κ1) is 12.6. The highest BCUT2D eigenvalue weighted by Crippen LogP contribution is 2.50. The minimum absolute atomic E-state index is 0.0398. The van der Waals surface area contributed by atoms with Crippen LogP contribution in [-0.4, -0.2) is 31.0 Å². The van der Waals surface area contributed by atoms with E-state index in [0.717, 1.165) is 6.92 Å². The Bertz CT molecular complexity index is 380. The summed E-state index contributed by atoms with van der Waals surface area (Å²) in [5, 5.41) is 0. The Hall–Kier alpha value is -0.880. The van der Waals surface area contributed by atoms with Crippen LogP contribution in [0.1, 0.15) is 20.3 Å². The molecule has 1 aliphatic heterocycles. The summed E-state index contributed by atoms with van der Waals surface area (Å²) in [4.78, 5) is 11.7. The van der Waals surface area contributed by atoms with E-state index in [2.05, 4.69) is 0 Å². The highest BCUT2D eigenvalue weighted by molar-refractivity contribution is 6.01. The third kappa shape index (κ3) is 1.79. The van der Waals surface area contributed by atoms with Crippen LogP contribution in [-0.2, 0) is 14.3 Å². The Morgan fingerprint density at radius 2 is 1.82 bits per heavy atom. The summed E-state index contributed by atoms with van der Waals surface area (Å²) in [7, 11) is 0. The summed E-state index contributed by atoms with van der Waals surface area (Å²) in [6, 6.07) is 0. The lowest BCUT2D eigenvalue weighted by Crippen LogP contribution is -2.52. The molecule has 0 saturated carbocycles. The van der Waals surface area contributed by atoms with Crippen LogP contribution in [0.15, 0.2) is 11.6 Å². The van der Waals surface area contributed by atoms with Crippen molar-refractivity contribution in [1.29, 1.82) is 0 Å². The average Bonchev–Trinajstić information content (AvgIpc) is 2.61. The van der Waals surface area contributed by atoms with Crippen molar-refractivity contribution in [2.45, 2.75) is 32.2 Å². The van der Waals surface area contributed by atoms with Crippen LogP contribution >= 0.6 is 0 Å². The smallest absolute Gasteiger partial charge is 0.344 e. The Morgan fingerprint density at radius 3 is 2.29 bits per heavy atom. The molecular weight excluding hydrogens is 237 g/mol. The first-order chi connectivity index (χ1) is 7.70. The monoisotopic (exact) mass is 250 g/mol. The molecule has 0 bridgehead atoms. The van der Waals surface area contributed by atoms with Crippen LogP contribution in [0.5, 0.6) is 0 Å². The molecule has 1 saturated heterocycles. The lowest BCUT2D eigenvalue weighted by molar-refractivity contribution is -0.246. The number of carbonyl (C=O) groups excluding carboxylic acids is 1. The molecule has 0 amide bonds. The quantitative estimate of drug-likeness (QED) is 0.661. The number of alkyl halides is 3. The average molecular weight is 250 g/mol. The molecule has 1 aliphatic carbocycles. The van der Waals surface area contributed by atoms with Gasteiger partial charge in [0, 0.05) is 6.42 Å². The third-order valence-corrected chi connectivity index (χ3v) is 3.30. The minimum Gasteiger partial charge on any atom is -0.344 e. The summed E-state index contributed by atoms with van der Waals surface area (Å²) in [6.45, 7) is 2.74. The van der Waals surface area contributed by atoms with Gasteiger partial charge in [-0.15, -0.1) is 0 Å². The van der Waals surface area contributed by atoms with Gasteiger partial charge in [-0.1, -0.05) is 0 Å². The van der Waals surface area contributed by atoms with Crippen LogP contribution < -0.4 is 0 Å². The number of halogens is 3. The molecule has 1 atom stereocenters. The van der Waals surface area contributed by atoms with Gasteiger partial charge in [0.2, 0.25) is 0 Å². The van der Waals surface area contributed by atoms with Crippen molar-refractivity contribution in [2.24, 2.45) is 5.41 Å². The minimum atomic E-state index is -4.61. The number of hydrogen-bond acceptors (Lipinski definition) is 3. The lowest BCUT2D eigenvalue weighted by atomic mass is 9.71. The first-order valence-electron chi connectivity index (χ1n) is 5.29.